The number of aromatic nitrogens is 2. The number of benzene rings is 1. The number of carboxylic acids is 1. The number of carbonyl (C=O) groups is 2. The number of fused-ring (bicyclic) bond motifs is 3. The van der Waals surface area contributed by atoms with E-state index in [9.17, 15) is 14.7 Å². The highest BCUT2D eigenvalue weighted by Crippen LogP contribution is 2.40. The molecule has 0 bridgehead atoms. The minimum atomic E-state index is -1.10. The summed E-state index contributed by atoms with van der Waals surface area (Å²) in [6.45, 7) is 6.01. The Bertz CT molecular complexity index is 1100. The van der Waals surface area contributed by atoms with Crippen molar-refractivity contribution in [2.75, 3.05) is 6.54 Å². The molecule has 1 aliphatic rings. The Labute approximate surface area is 155 Å². The molecule has 0 unspecified atom stereocenters. The van der Waals surface area contributed by atoms with Crippen LogP contribution in [0.4, 0.5) is 0 Å². The monoisotopic (exact) mass is 365 g/mol. The van der Waals surface area contributed by atoms with Crippen molar-refractivity contribution in [3.8, 4) is 0 Å². The summed E-state index contributed by atoms with van der Waals surface area (Å²) in [5.74, 6) is -0.978. The second-order valence-corrected chi connectivity index (χ2v) is 7.41. The van der Waals surface area contributed by atoms with Gasteiger partial charge in [-0.1, -0.05) is 37.2 Å². The van der Waals surface area contributed by atoms with E-state index in [-0.39, 0.29) is 11.3 Å². The highest BCUT2D eigenvalue weighted by atomic mass is 16.5. The van der Waals surface area contributed by atoms with E-state index < -0.39 is 17.3 Å². The van der Waals surface area contributed by atoms with E-state index in [0.29, 0.717) is 18.0 Å². The highest BCUT2D eigenvalue weighted by Gasteiger charge is 2.37. The fourth-order valence-corrected chi connectivity index (χ4v) is 3.72. The molecule has 138 valence electrons. The third-order valence-corrected chi connectivity index (χ3v) is 4.84. The smallest absolute Gasteiger partial charge is 0.339 e. The van der Waals surface area contributed by atoms with Crippen molar-refractivity contribution in [2.45, 2.75) is 26.2 Å². The predicted octanol–water partition coefficient (Wildman–Crippen LogP) is 3.32. The summed E-state index contributed by atoms with van der Waals surface area (Å²) in [5.41, 5.74) is 1.99. The maximum atomic E-state index is 12.9. The molecule has 3 aromatic rings. The lowest BCUT2D eigenvalue weighted by molar-refractivity contribution is -0.130. The van der Waals surface area contributed by atoms with Crippen molar-refractivity contribution in [3.63, 3.8) is 0 Å². The van der Waals surface area contributed by atoms with Crippen LogP contribution in [0.15, 0.2) is 41.1 Å². The molecule has 4 rings (SSSR count). The van der Waals surface area contributed by atoms with Gasteiger partial charge in [-0.05, 0) is 18.6 Å². The molecule has 0 atom stereocenters. The van der Waals surface area contributed by atoms with Gasteiger partial charge in [0.2, 0.25) is 0 Å². The van der Waals surface area contributed by atoms with Crippen LogP contribution in [-0.2, 0) is 10.2 Å². The summed E-state index contributed by atoms with van der Waals surface area (Å²) < 4.78 is 5.00. The summed E-state index contributed by atoms with van der Waals surface area (Å²) in [4.78, 5) is 29.6. The third kappa shape index (κ3) is 2.71. The summed E-state index contributed by atoms with van der Waals surface area (Å²) in [6, 6.07) is 9.24. The molecule has 1 aromatic carbocycles. The lowest BCUT2D eigenvalue weighted by atomic mass is 9.82. The molecular formula is C20H19N3O4. The Morgan fingerprint density at radius 3 is 2.70 bits per heavy atom. The van der Waals surface area contributed by atoms with E-state index in [1.165, 1.54) is 11.1 Å². The highest BCUT2D eigenvalue weighted by molar-refractivity contribution is 6.17. The van der Waals surface area contributed by atoms with Gasteiger partial charge in [0.1, 0.15) is 5.76 Å². The zero-order chi connectivity index (χ0) is 19.3. The van der Waals surface area contributed by atoms with Crippen molar-refractivity contribution < 1.29 is 19.2 Å². The molecule has 1 aliphatic heterocycles. The van der Waals surface area contributed by atoms with Gasteiger partial charge in [-0.15, -0.1) is 0 Å². The van der Waals surface area contributed by atoms with Crippen molar-refractivity contribution in [1.29, 1.82) is 0 Å². The molecule has 7 nitrogen and oxygen atoms in total. The number of hydrogen-bond donors (Lipinski definition) is 2. The van der Waals surface area contributed by atoms with Crippen LogP contribution in [0.1, 0.15) is 41.4 Å². The van der Waals surface area contributed by atoms with Gasteiger partial charge in [-0.3, -0.25) is 4.79 Å². The van der Waals surface area contributed by atoms with Crippen molar-refractivity contribution in [2.24, 2.45) is 0 Å². The average Bonchev–Trinajstić information content (AvgIpc) is 3.18. The van der Waals surface area contributed by atoms with Crippen LogP contribution in [-0.4, -0.2) is 38.6 Å². The first-order valence-corrected chi connectivity index (χ1v) is 8.59. The Kier molecular flexibility index (Phi) is 3.69. The van der Waals surface area contributed by atoms with E-state index in [0.717, 1.165) is 16.5 Å². The lowest BCUT2D eigenvalue weighted by Gasteiger charge is -2.29. The Morgan fingerprint density at radius 1 is 1.30 bits per heavy atom. The minimum Gasteiger partial charge on any atom is -0.478 e. The molecule has 2 N–H and O–H groups in total. The molecule has 0 fully saturated rings. The van der Waals surface area contributed by atoms with E-state index in [1.807, 2.05) is 38.1 Å². The predicted molar refractivity (Wildman–Crippen MR) is 99.2 cm³/mol. The van der Waals surface area contributed by atoms with Crippen molar-refractivity contribution in [1.82, 2.24) is 15.0 Å². The quantitative estimate of drug-likeness (QED) is 0.726. The Morgan fingerprint density at radius 2 is 2.04 bits per heavy atom. The van der Waals surface area contributed by atoms with Crippen LogP contribution >= 0.6 is 0 Å². The van der Waals surface area contributed by atoms with Gasteiger partial charge >= 0.3 is 5.97 Å². The number of aliphatic carboxylic acids is 1. The zero-order valence-electron chi connectivity index (χ0n) is 15.2. The number of nitrogens with one attached hydrogen (secondary N) is 1. The second-order valence-electron chi connectivity index (χ2n) is 7.41. The van der Waals surface area contributed by atoms with Crippen LogP contribution in [0.5, 0.6) is 0 Å². The number of aromatic amines is 1. The van der Waals surface area contributed by atoms with Crippen LogP contribution in [0.3, 0.4) is 0 Å². The van der Waals surface area contributed by atoms with Crippen LogP contribution < -0.4 is 0 Å². The number of rotatable bonds is 2. The summed E-state index contributed by atoms with van der Waals surface area (Å²) in [6.07, 6.45) is 1.39. The maximum absolute atomic E-state index is 12.9. The van der Waals surface area contributed by atoms with Crippen molar-refractivity contribution >= 4 is 28.4 Å². The number of para-hydroxylation sites is 1. The Hall–Kier alpha value is -3.35. The first-order valence-electron chi connectivity index (χ1n) is 8.59. The molecule has 2 aromatic heterocycles. The molecule has 7 heteroatoms. The first kappa shape index (κ1) is 17.1. The lowest BCUT2D eigenvalue weighted by Crippen LogP contribution is -2.37. The number of carboxylic acid groups (broad SMARTS) is 1. The fraction of sp³-hybridized carbons (Fsp3) is 0.250. The van der Waals surface area contributed by atoms with Crippen LogP contribution in [0.2, 0.25) is 0 Å². The van der Waals surface area contributed by atoms with E-state index in [1.54, 1.807) is 13.0 Å². The van der Waals surface area contributed by atoms with Crippen molar-refractivity contribution in [3.05, 3.63) is 59.2 Å². The van der Waals surface area contributed by atoms with Gasteiger partial charge in [-0.25, -0.2) is 4.79 Å². The van der Waals surface area contributed by atoms with Crippen LogP contribution in [0.25, 0.3) is 16.5 Å². The fourth-order valence-electron chi connectivity index (χ4n) is 3.72. The Balaban J connectivity index is 1.91. The van der Waals surface area contributed by atoms with Gasteiger partial charge in [0.15, 0.2) is 5.69 Å². The normalized spacial score (nSPS) is 16.0. The molecule has 3 heterocycles. The number of aryl methyl sites for hydroxylation is 1. The van der Waals surface area contributed by atoms with Gasteiger partial charge in [0, 0.05) is 35.1 Å². The zero-order valence-corrected chi connectivity index (χ0v) is 15.2. The van der Waals surface area contributed by atoms with E-state index in [2.05, 4.69) is 10.1 Å². The standard InChI is InChI=1S/C20H19N3O4/c1-11-8-15(22-27-11)18(24)23-9-13(19(25)26)17-16(20(2,3)10-23)12-6-4-5-7-14(12)21-17/h4-9,21H,10H2,1-3H3,(H,25,26). The second kappa shape index (κ2) is 5.84. The molecule has 1 amide bonds. The third-order valence-electron chi connectivity index (χ3n) is 4.84. The maximum Gasteiger partial charge on any atom is 0.339 e. The SMILES string of the molecule is Cc1cc(C(=O)N2C=C(C(=O)O)c3[nH]c4ccccc4c3C(C)(C)C2)no1. The number of H-pyrrole nitrogens is 1. The molecule has 27 heavy (non-hydrogen) atoms. The number of amides is 1. The molecule has 0 saturated heterocycles. The molecule has 0 spiro atoms. The molecule has 0 aliphatic carbocycles. The molecule has 0 saturated carbocycles. The topological polar surface area (TPSA) is 99.4 Å². The molecule has 0 radical (unpaired) electrons. The van der Waals surface area contributed by atoms with Gasteiger partial charge in [-0.2, -0.15) is 0 Å². The minimum absolute atomic E-state index is 0.0420. The number of hydrogen-bond acceptors (Lipinski definition) is 4. The largest absolute Gasteiger partial charge is 0.478 e. The number of nitrogens with zero attached hydrogens (tertiary/aromatic N) is 2. The average molecular weight is 365 g/mol. The van der Waals surface area contributed by atoms with Gasteiger partial charge in [0.05, 0.1) is 11.3 Å². The van der Waals surface area contributed by atoms with Crippen LogP contribution in [0, 0.1) is 6.92 Å². The summed E-state index contributed by atoms with van der Waals surface area (Å²) in [5, 5.41) is 14.5. The van der Waals surface area contributed by atoms with Gasteiger partial charge in [0.25, 0.3) is 5.91 Å². The van der Waals surface area contributed by atoms with E-state index in [4.69, 9.17) is 4.52 Å². The van der Waals surface area contributed by atoms with Gasteiger partial charge < -0.3 is 19.5 Å². The summed E-state index contributed by atoms with van der Waals surface area (Å²) in [7, 11) is 0. The first-order chi connectivity index (χ1) is 12.8. The summed E-state index contributed by atoms with van der Waals surface area (Å²) >= 11 is 0. The molecular weight excluding hydrogens is 346 g/mol. The number of carbonyl (C=O) groups excluding carboxylic acids is 1. The van der Waals surface area contributed by atoms with E-state index >= 15 is 0 Å².